The summed E-state index contributed by atoms with van der Waals surface area (Å²) in [7, 11) is 0. The van der Waals surface area contributed by atoms with Crippen molar-refractivity contribution in [2.75, 3.05) is 5.88 Å². The molecule has 0 saturated carbocycles. The van der Waals surface area contributed by atoms with E-state index in [0.29, 0.717) is 5.88 Å². The fourth-order valence-corrected chi connectivity index (χ4v) is 2.90. The van der Waals surface area contributed by atoms with Crippen molar-refractivity contribution in [3.63, 3.8) is 0 Å². The third-order valence-electron chi connectivity index (χ3n) is 3.76. The molecule has 0 N–H and O–H groups in total. The lowest BCUT2D eigenvalue weighted by Gasteiger charge is -2.06. The monoisotopic (exact) mass is 271 g/mol. The molecule has 1 aromatic heterocycles. The van der Waals surface area contributed by atoms with E-state index in [-0.39, 0.29) is 0 Å². The summed E-state index contributed by atoms with van der Waals surface area (Å²) in [5.41, 5.74) is 4.03. The van der Waals surface area contributed by atoms with Crippen LogP contribution in [-0.2, 0) is 13.0 Å². The van der Waals surface area contributed by atoms with Crippen LogP contribution in [0, 0.1) is 0 Å². The molecule has 0 saturated heterocycles. The Labute approximate surface area is 118 Å². The summed E-state index contributed by atoms with van der Waals surface area (Å²) < 4.78 is 2.40. The van der Waals surface area contributed by atoms with Crippen LogP contribution in [0.15, 0.2) is 42.5 Å². The van der Waals surface area contributed by atoms with Gasteiger partial charge in [0.1, 0.15) is 0 Å². The number of hydrogen-bond acceptors (Lipinski definition) is 0. The number of halogens is 1. The van der Waals surface area contributed by atoms with Crippen LogP contribution in [0.4, 0.5) is 0 Å². The van der Waals surface area contributed by atoms with Gasteiger partial charge in [-0.3, -0.25) is 0 Å². The second-order valence-corrected chi connectivity index (χ2v) is 5.29. The van der Waals surface area contributed by atoms with Crippen molar-refractivity contribution in [1.82, 2.24) is 4.57 Å². The molecule has 2 aromatic carbocycles. The number of fused-ring (bicyclic) bond motifs is 3. The van der Waals surface area contributed by atoms with E-state index in [0.717, 1.165) is 19.4 Å². The summed E-state index contributed by atoms with van der Waals surface area (Å²) in [6.45, 7) is 3.19. The highest BCUT2D eigenvalue weighted by Gasteiger charge is 2.09. The fourth-order valence-electron chi connectivity index (χ4n) is 2.78. The van der Waals surface area contributed by atoms with Crippen LogP contribution < -0.4 is 0 Å². The number of aryl methyl sites for hydroxylation is 2. The largest absolute Gasteiger partial charge is 0.340 e. The topological polar surface area (TPSA) is 4.93 Å². The van der Waals surface area contributed by atoms with E-state index in [2.05, 4.69) is 54.0 Å². The molecule has 0 bridgehead atoms. The third kappa shape index (κ3) is 2.12. The predicted molar refractivity (Wildman–Crippen MR) is 84.2 cm³/mol. The number of nitrogens with zero attached hydrogens (tertiary/aromatic N) is 1. The minimum Gasteiger partial charge on any atom is -0.340 e. The zero-order valence-corrected chi connectivity index (χ0v) is 12.0. The van der Waals surface area contributed by atoms with Gasteiger partial charge in [0.25, 0.3) is 0 Å². The van der Waals surface area contributed by atoms with Crippen LogP contribution in [0.2, 0.25) is 0 Å². The van der Waals surface area contributed by atoms with Crippen molar-refractivity contribution in [3.8, 4) is 0 Å². The Morgan fingerprint density at radius 1 is 1.00 bits per heavy atom. The zero-order valence-electron chi connectivity index (χ0n) is 11.2. The minimum atomic E-state index is 0.709. The molecule has 1 nitrogen and oxygen atoms in total. The number of para-hydroxylation sites is 1. The average Bonchev–Trinajstić information content (AvgIpc) is 2.78. The molecule has 0 aliphatic heterocycles. The maximum atomic E-state index is 5.86. The zero-order chi connectivity index (χ0) is 13.2. The molecule has 3 aromatic rings. The van der Waals surface area contributed by atoms with Crippen molar-refractivity contribution < 1.29 is 0 Å². The van der Waals surface area contributed by atoms with Crippen LogP contribution in [-0.4, -0.2) is 10.4 Å². The van der Waals surface area contributed by atoms with Gasteiger partial charge in [0, 0.05) is 34.2 Å². The first-order chi connectivity index (χ1) is 9.35. The van der Waals surface area contributed by atoms with E-state index in [1.807, 2.05) is 0 Å². The summed E-state index contributed by atoms with van der Waals surface area (Å²) in [6.07, 6.45) is 2.09. The maximum absolute atomic E-state index is 5.86. The SMILES string of the molecule is CCc1ccc2c(c1)c1ccccc1n2CCCCl. The Kier molecular flexibility index (Phi) is 3.48. The van der Waals surface area contributed by atoms with Crippen molar-refractivity contribution in [1.29, 1.82) is 0 Å². The van der Waals surface area contributed by atoms with E-state index in [1.165, 1.54) is 27.4 Å². The predicted octanol–water partition coefficient (Wildman–Crippen LogP) is 4.99. The first kappa shape index (κ1) is 12.6. The van der Waals surface area contributed by atoms with Gasteiger partial charge in [-0.05, 0) is 36.6 Å². The van der Waals surface area contributed by atoms with Gasteiger partial charge in [0.05, 0.1) is 0 Å². The Bertz CT molecular complexity index is 712. The lowest BCUT2D eigenvalue weighted by atomic mass is 10.1. The molecular formula is C17H18ClN. The first-order valence-electron chi connectivity index (χ1n) is 6.91. The average molecular weight is 272 g/mol. The first-order valence-corrected chi connectivity index (χ1v) is 7.44. The molecule has 0 radical (unpaired) electrons. The Morgan fingerprint density at radius 3 is 2.58 bits per heavy atom. The van der Waals surface area contributed by atoms with Crippen LogP contribution in [0.1, 0.15) is 18.9 Å². The number of aromatic nitrogens is 1. The van der Waals surface area contributed by atoms with Crippen LogP contribution >= 0.6 is 11.6 Å². The maximum Gasteiger partial charge on any atom is 0.0491 e. The normalized spacial score (nSPS) is 11.5. The molecule has 0 atom stereocenters. The van der Waals surface area contributed by atoms with Crippen LogP contribution in [0.3, 0.4) is 0 Å². The quantitative estimate of drug-likeness (QED) is 0.590. The lowest BCUT2D eigenvalue weighted by Crippen LogP contribution is -1.98. The van der Waals surface area contributed by atoms with Crippen LogP contribution in [0.25, 0.3) is 21.8 Å². The number of rotatable bonds is 4. The minimum absolute atomic E-state index is 0.709. The molecule has 2 heteroatoms. The molecule has 3 rings (SSSR count). The molecule has 0 aliphatic rings. The van der Waals surface area contributed by atoms with Gasteiger partial charge in [0.2, 0.25) is 0 Å². The summed E-state index contributed by atoms with van der Waals surface area (Å²) in [5, 5.41) is 2.71. The fraction of sp³-hybridized carbons (Fsp3) is 0.294. The molecular weight excluding hydrogens is 254 g/mol. The highest BCUT2D eigenvalue weighted by Crippen LogP contribution is 2.30. The molecule has 0 aliphatic carbocycles. The summed E-state index contributed by atoms with van der Waals surface area (Å²) in [6, 6.07) is 15.5. The molecule has 0 spiro atoms. The van der Waals surface area contributed by atoms with E-state index < -0.39 is 0 Å². The van der Waals surface area contributed by atoms with Gasteiger partial charge in [0.15, 0.2) is 0 Å². The second kappa shape index (κ2) is 5.26. The standard InChI is InChI=1S/C17H18ClN/c1-2-13-8-9-17-15(12-13)14-6-3-4-7-16(14)19(17)11-5-10-18/h3-4,6-9,12H,2,5,10-11H2,1H3. The highest BCUT2D eigenvalue weighted by molar-refractivity contribution is 6.17. The Hall–Kier alpha value is -1.47. The summed E-state index contributed by atoms with van der Waals surface area (Å²) in [5.74, 6) is 0.709. The van der Waals surface area contributed by atoms with Gasteiger partial charge in [-0.25, -0.2) is 0 Å². The van der Waals surface area contributed by atoms with Gasteiger partial charge < -0.3 is 4.57 Å². The van der Waals surface area contributed by atoms with E-state index >= 15 is 0 Å². The van der Waals surface area contributed by atoms with E-state index in [4.69, 9.17) is 11.6 Å². The Balaban J connectivity index is 2.30. The smallest absolute Gasteiger partial charge is 0.0491 e. The van der Waals surface area contributed by atoms with Gasteiger partial charge in [-0.2, -0.15) is 0 Å². The lowest BCUT2D eigenvalue weighted by molar-refractivity contribution is 0.728. The third-order valence-corrected chi connectivity index (χ3v) is 4.03. The van der Waals surface area contributed by atoms with Crippen molar-refractivity contribution >= 4 is 33.4 Å². The van der Waals surface area contributed by atoms with Crippen LogP contribution in [0.5, 0.6) is 0 Å². The number of benzene rings is 2. The van der Waals surface area contributed by atoms with Gasteiger partial charge in [-0.1, -0.05) is 31.2 Å². The molecule has 19 heavy (non-hydrogen) atoms. The molecule has 0 amide bonds. The van der Waals surface area contributed by atoms with E-state index in [1.54, 1.807) is 0 Å². The summed E-state index contributed by atoms with van der Waals surface area (Å²) >= 11 is 5.86. The van der Waals surface area contributed by atoms with Gasteiger partial charge in [-0.15, -0.1) is 11.6 Å². The molecule has 1 heterocycles. The highest BCUT2D eigenvalue weighted by atomic mass is 35.5. The van der Waals surface area contributed by atoms with E-state index in [9.17, 15) is 0 Å². The van der Waals surface area contributed by atoms with Crippen molar-refractivity contribution in [3.05, 3.63) is 48.0 Å². The molecule has 0 fully saturated rings. The van der Waals surface area contributed by atoms with Crippen molar-refractivity contribution in [2.45, 2.75) is 26.3 Å². The number of alkyl halides is 1. The number of hydrogen-bond donors (Lipinski definition) is 0. The Morgan fingerprint density at radius 2 is 1.79 bits per heavy atom. The summed E-state index contributed by atoms with van der Waals surface area (Å²) in [4.78, 5) is 0. The second-order valence-electron chi connectivity index (χ2n) is 4.92. The molecule has 0 unspecified atom stereocenters. The van der Waals surface area contributed by atoms with Gasteiger partial charge >= 0.3 is 0 Å². The molecule has 98 valence electrons. The van der Waals surface area contributed by atoms with Crippen molar-refractivity contribution in [2.24, 2.45) is 0 Å².